The Labute approximate surface area is 177 Å². The van der Waals surface area contributed by atoms with Crippen LogP contribution in [-0.4, -0.2) is 93.2 Å². The van der Waals surface area contributed by atoms with E-state index >= 15 is 0 Å². The van der Waals surface area contributed by atoms with E-state index in [9.17, 15) is 33.9 Å². The van der Waals surface area contributed by atoms with Crippen molar-refractivity contribution in [2.45, 2.75) is 24.5 Å². The van der Waals surface area contributed by atoms with Gasteiger partial charge in [-0.2, -0.15) is 9.29 Å². The topological polar surface area (TPSA) is 213 Å². The fraction of sp³-hybridized carbons (Fsp3) is 0.714. The lowest BCUT2D eigenvalue weighted by molar-refractivity contribution is -0.870. The average molecular weight is 489 g/mol. The zero-order chi connectivity index (χ0) is 23.6. The van der Waals surface area contributed by atoms with Crippen molar-refractivity contribution in [3.8, 4) is 0 Å². The number of nitrogens with zero attached hydrogens (tertiary/aromatic N) is 3. The molecule has 2 heterocycles. The number of rotatable bonds is 10. The van der Waals surface area contributed by atoms with E-state index < -0.39 is 52.5 Å². The molecule has 2 rings (SSSR count). The third kappa shape index (κ3) is 7.70. The van der Waals surface area contributed by atoms with Crippen molar-refractivity contribution in [2.24, 2.45) is 0 Å². The number of aliphatic hydroxyl groups excluding tert-OH is 2. The summed E-state index contributed by atoms with van der Waals surface area (Å²) in [6.45, 7) is -0.746. The van der Waals surface area contributed by atoms with Gasteiger partial charge in [0.2, 0.25) is 0 Å². The van der Waals surface area contributed by atoms with E-state index in [0.717, 1.165) is 4.57 Å². The van der Waals surface area contributed by atoms with Crippen LogP contribution < -0.4 is 11.4 Å². The van der Waals surface area contributed by atoms with Gasteiger partial charge in [-0.1, -0.05) is 0 Å². The van der Waals surface area contributed by atoms with Crippen molar-refractivity contribution in [1.29, 1.82) is 0 Å². The number of ether oxygens (including phenoxy) is 1. The van der Waals surface area contributed by atoms with Crippen LogP contribution in [0.25, 0.3) is 0 Å². The average Bonchev–Trinajstić information content (AvgIpc) is 2.86. The molecule has 31 heavy (non-hydrogen) atoms. The molecule has 0 amide bonds. The van der Waals surface area contributed by atoms with Crippen molar-refractivity contribution >= 4 is 21.5 Å². The van der Waals surface area contributed by atoms with Gasteiger partial charge in [-0.3, -0.25) is 13.6 Å². The molecule has 0 aromatic carbocycles. The van der Waals surface area contributed by atoms with Gasteiger partial charge in [0, 0.05) is 6.20 Å². The maximum atomic E-state index is 12.0. The molecule has 2 unspecified atom stereocenters. The van der Waals surface area contributed by atoms with Crippen molar-refractivity contribution in [3.63, 3.8) is 0 Å². The van der Waals surface area contributed by atoms with Crippen LogP contribution in [-0.2, 0) is 27.2 Å². The van der Waals surface area contributed by atoms with Gasteiger partial charge in [-0.25, -0.2) is 13.9 Å². The van der Waals surface area contributed by atoms with Gasteiger partial charge in [0.05, 0.1) is 27.7 Å². The van der Waals surface area contributed by atoms with Crippen LogP contribution in [0.1, 0.15) is 6.23 Å². The third-order valence-corrected chi connectivity index (χ3v) is 6.72. The smallest absolute Gasteiger partial charge is 0.387 e. The van der Waals surface area contributed by atoms with Gasteiger partial charge in [-0.05, 0) is 6.07 Å². The predicted molar refractivity (Wildman–Crippen MR) is 104 cm³/mol. The second-order valence-corrected chi connectivity index (χ2v) is 10.8. The minimum absolute atomic E-state index is 0.0652. The number of aromatic nitrogens is 2. The third-order valence-electron chi connectivity index (χ3n) is 4.09. The molecule has 0 bridgehead atoms. The molecule has 1 saturated heterocycles. The number of likely N-dealkylation sites (N-methyl/N-ethyl adjacent to an activating group) is 1. The summed E-state index contributed by atoms with van der Waals surface area (Å²) >= 11 is 0. The highest BCUT2D eigenvalue weighted by atomic mass is 31.3. The second kappa shape index (κ2) is 9.73. The molecule has 0 aliphatic carbocycles. The number of hydrogen-bond acceptors (Lipinski definition) is 11. The molecule has 1 aliphatic rings. The number of aliphatic hydroxyl groups is 2. The zero-order valence-electron chi connectivity index (χ0n) is 17.0. The number of hydrogen-bond donors (Lipinski definition) is 5. The van der Waals surface area contributed by atoms with E-state index in [1.807, 2.05) is 0 Å². The molecule has 0 radical (unpaired) electrons. The summed E-state index contributed by atoms with van der Waals surface area (Å²) in [6, 6.07) is 1.26. The SMILES string of the molecule is C[N+](C)(C)CCOP(=O)(O)OP(=O)(O)OC[C@@H]1O[C@H](n2ccc(N)nc2=O)[C@@H](O)[C@H]1O. The van der Waals surface area contributed by atoms with E-state index in [-0.39, 0.29) is 12.4 Å². The fourth-order valence-electron chi connectivity index (χ4n) is 2.49. The Morgan fingerprint density at radius 3 is 2.39 bits per heavy atom. The summed E-state index contributed by atoms with van der Waals surface area (Å²) in [5, 5.41) is 20.2. The number of quaternary nitrogens is 1. The van der Waals surface area contributed by atoms with Gasteiger partial charge in [-0.15, -0.1) is 0 Å². The number of anilines is 1. The largest absolute Gasteiger partial charge is 0.481 e. The molecule has 6 atom stereocenters. The summed E-state index contributed by atoms with van der Waals surface area (Å²) in [5.74, 6) is -0.0652. The van der Waals surface area contributed by atoms with Gasteiger partial charge >= 0.3 is 21.3 Å². The normalized spacial score (nSPS) is 28.2. The lowest BCUT2D eigenvalue weighted by atomic mass is 10.1. The number of nitrogens with two attached hydrogens (primary N) is 1. The highest BCUT2D eigenvalue weighted by Crippen LogP contribution is 2.60. The molecular weight excluding hydrogens is 462 g/mol. The molecule has 178 valence electrons. The van der Waals surface area contributed by atoms with Gasteiger partial charge < -0.3 is 35.0 Å². The van der Waals surface area contributed by atoms with Crippen molar-refractivity contribution in [3.05, 3.63) is 22.7 Å². The Hall–Kier alpha value is -1.22. The minimum Gasteiger partial charge on any atom is -0.387 e. The molecular formula is C14H27N4O11P2+. The van der Waals surface area contributed by atoms with Crippen LogP contribution in [0.3, 0.4) is 0 Å². The summed E-state index contributed by atoms with van der Waals surface area (Å²) in [4.78, 5) is 34.7. The number of phosphoric ester groups is 2. The summed E-state index contributed by atoms with van der Waals surface area (Å²) in [7, 11) is -4.64. The first-order chi connectivity index (χ1) is 14.1. The van der Waals surface area contributed by atoms with E-state index in [2.05, 4.69) is 18.3 Å². The molecule has 1 aromatic rings. The highest BCUT2D eigenvalue weighted by Gasteiger charge is 2.46. The fourth-order valence-corrected chi connectivity index (χ4v) is 4.56. The molecule has 6 N–H and O–H groups in total. The van der Waals surface area contributed by atoms with Gasteiger partial charge in [0.1, 0.15) is 37.3 Å². The monoisotopic (exact) mass is 489 g/mol. The van der Waals surface area contributed by atoms with E-state index in [0.29, 0.717) is 11.0 Å². The highest BCUT2D eigenvalue weighted by molar-refractivity contribution is 7.61. The van der Waals surface area contributed by atoms with Crippen LogP contribution in [0.4, 0.5) is 5.82 Å². The van der Waals surface area contributed by atoms with Crippen LogP contribution in [0.2, 0.25) is 0 Å². The molecule has 15 nitrogen and oxygen atoms in total. The van der Waals surface area contributed by atoms with Gasteiger partial charge in [0.15, 0.2) is 6.23 Å². The Morgan fingerprint density at radius 2 is 1.81 bits per heavy atom. The van der Waals surface area contributed by atoms with Crippen molar-refractivity contribution in [2.75, 3.05) is 46.6 Å². The predicted octanol–water partition coefficient (Wildman–Crippen LogP) is -1.60. The van der Waals surface area contributed by atoms with Crippen LogP contribution in [0.15, 0.2) is 17.1 Å². The minimum atomic E-state index is -5.11. The molecule has 1 aliphatic heterocycles. The molecule has 1 aromatic heterocycles. The Bertz CT molecular complexity index is 920. The maximum Gasteiger partial charge on any atom is 0.481 e. The maximum absolute atomic E-state index is 12.0. The summed E-state index contributed by atoms with van der Waals surface area (Å²) < 4.78 is 43.9. The van der Waals surface area contributed by atoms with Crippen LogP contribution in [0.5, 0.6) is 0 Å². The molecule has 0 spiro atoms. The van der Waals surface area contributed by atoms with E-state index in [1.165, 1.54) is 12.3 Å². The number of nitrogen functional groups attached to an aromatic ring is 1. The first kappa shape index (κ1) is 26.0. The Morgan fingerprint density at radius 1 is 1.19 bits per heavy atom. The molecule has 1 fully saturated rings. The first-order valence-electron chi connectivity index (χ1n) is 8.93. The quantitative estimate of drug-likeness (QED) is 0.185. The van der Waals surface area contributed by atoms with Crippen molar-refractivity contribution in [1.82, 2.24) is 9.55 Å². The van der Waals surface area contributed by atoms with E-state index in [1.54, 1.807) is 21.1 Å². The first-order valence-corrected chi connectivity index (χ1v) is 11.9. The standard InChI is InChI=1S/C14H26N4O11P2/c1-18(2,3)6-7-26-30(22,23)29-31(24,25)27-8-9-11(19)12(20)13(28-9)17-5-4-10(15)16-14(17)21/h4-5,9,11-13,19-20H,6-8H2,1-3H3,(H3-,15,16,21,22,23,24,25)/p+1/t9-,11-,12-,13-/m0/s1. The summed E-state index contributed by atoms with van der Waals surface area (Å²) in [6.07, 6.45) is -4.82. The van der Waals surface area contributed by atoms with E-state index in [4.69, 9.17) is 10.5 Å². The van der Waals surface area contributed by atoms with Crippen molar-refractivity contribution < 1.29 is 51.7 Å². The zero-order valence-corrected chi connectivity index (χ0v) is 18.8. The van der Waals surface area contributed by atoms with Crippen LogP contribution >= 0.6 is 15.6 Å². The number of phosphoric acid groups is 2. The Balaban J connectivity index is 1.96. The molecule has 0 saturated carbocycles. The van der Waals surface area contributed by atoms with Crippen LogP contribution in [0, 0.1) is 0 Å². The lowest BCUT2D eigenvalue weighted by Crippen LogP contribution is -2.37. The molecule has 17 heteroatoms. The Kier molecular flexibility index (Phi) is 8.17. The summed E-state index contributed by atoms with van der Waals surface area (Å²) in [5.41, 5.74) is 4.53. The lowest BCUT2D eigenvalue weighted by Gasteiger charge is -2.24. The van der Waals surface area contributed by atoms with Gasteiger partial charge in [0.25, 0.3) is 0 Å². The second-order valence-electron chi connectivity index (χ2n) is 7.75.